The van der Waals surface area contributed by atoms with Crippen LogP contribution in [0.15, 0.2) is 28.9 Å². The van der Waals surface area contributed by atoms with Crippen molar-refractivity contribution in [2.45, 2.75) is 53.1 Å². The van der Waals surface area contributed by atoms with Gasteiger partial charge in [-0.3, -0.25) is 4.98 Å². The lowest BCUT2D eigenvalue weighted by molar-refractivity contribution is 0.188. The highest BCUT2D eigenvalue weighted by Crippen LogP contribution is 2.13. The van der Waals surface area contributed by atoms with Crippen LogP contribution in [-0.2, 0) is 13.0 Å². The van der Waals surface area contributed by atoms with E-state index in [-0.39, 0.29) is 12.1 Å². The Morgan fingerprint density at radius 1 is 1.32 bits per heavy atom. The third-order valence-electron chi connectivity index (χ3n) is 3.64. The van der Waals surface area contributed by atoms with Crippen molar-refractivity contribution in [2.75, 3.05) is 6.54 Å². The van der Waals surface area contributed by atoms with Crippen molar-refractivity contribution in [2.24, 2.45) is 5.92 Å². The van der Waals surface area contributed by atoms with Crippen LogP contribution in [0.2, 0.25) is 0 Å². The number of nitrogens with one attached hydrogen (secondary N) is 1. The fourth-order valence-corrected chi connectivity index (χ4v) is 2.44. The van der Waals surface area contributed by atoms with E-state index >= 15 is 0 Å². The second-order valence-electron chi connectivity index (χ2n) is 6.56. The van der Waals surface area contributed by atoms with Gasteiger partial charge in [0.15, 0.2) is 5.82 Å². The molecule has 0 bridgehead atoms. The predicted octanol–water partition coefficient (Wildman–Crippen LogP) is 3.35. The summed E-state index contributed by atoms with van der Waals surface area (Å²) in [6.45, 7) is 9.20. The highest BCUT2D eigenvalue weighted by atomic mass is 16.5. The third-order valence-corrected chi connectivity index (χ3v) is 3.64. The average Bonchev–Trinajstić information content (AvgIpc) is 3.03. The minimum absolute atomic E-state index is 0.163. The van der Waals surface area contributed by atoms with Gasteiger partial charge >= 0.3 is 6.03 Å². The van der Waals surface area contributed by atoms with Crippen LogP contribution in [0.3, 0.4) is 0 Å². The molecule has 7 heteroatoms. The zero-order valence-corrected chi connectivity index (χ0v) is 15.4. The summed E-state index contributed by atoms with van der Waals surface area (Å²) in [5.74, 6) is 1.55. The van der Waals surface area contributed by atoms with Crippen molar-refractivity contribution in [3.63, 3.8) is 0 Å². The van der Waals surface area contributed by atoms with E-state index in [0.29, 0.717) is 30.7 Å². The molecule has 0 saturated carbocycles. The van der Waals surface area contributed by atoms with Gasteiger partial charge in [0, 0.05) is 19.2 Å². The van der Waals surface area contributed by atoms with Crippen LogP contribution in [0.4, 0.5) is 4.79 Å². The number of carbonyl (C=O) groups excluding carboxylic acids is 1. The third kappa shape index (κ3) is 5.85. The first-order valence-corrected chi connectivity index (χ1v) is 8.77. The van der Waals surface area contributed by atoms with Crippen LogP contribution >= 0.6 is 0 Å². The normalized spacial score (nSPS) is 12.2. The fraction of sp³-hybridized carbons (Fsp3) is 0.556. The maximum atomic E-state index is 12.6. The second-order valence-corrected chi connectivity index (χ2v) is 6.56. The van der Waals surface area contributed by atoms with Crippen molar-refractivity contribution in [1.82, 2.24) is 25.3 Å². The first-order valence-electron chi connectivity index (χ1n) is 8.77. The van der Waals surface area contributed by atoms with E-state index in [1.165, 1.54) is 0 Å². The molecular weight excluding hydrogens is 318 g/mol. The quantitative estimate of drug-likeness (QED) is 0.793. The highest BCUT2D eigenvalue weighted by Gasteiger charge is 2.20. The molecule has 7 nitrogen and oxygen atoms in total. The van der Waals surface area contributed by atoms with Crippen molar-refractivity contribution < 1.29 is 9.32 Å². The molecule has 1 atom stereocenters. The number of nitrogens with zero attached hydrogens (tertiary/aromatic N) is 4. The second kappa shape index (κ2) is 9.15. The molecular formula is C18H27N5O2. The van der Waals surface area contributed by atoms with E-state index in [2.05, 4.69) is 34.3 Å². The number of pyridine rings is 1. The van der Waals surface area contributed by atoms with Gasteiger partial charge in [0.25, 0.3) is 0 Å². The molecule has 0 aliphatic heterocycles. The number of carbonyl (C=O) groups is 1. The van der Waals surface area contributed by atoms with Crippen LogP contribution in [0.25, 0.3) is 0 Å². The Balaban J connectivity index is 1.98. The van der Waals surface area contributed by atoms with Gasteiger partial charge in [0.1, 0.15) is 6.04 Å². The molecule has 0 fully saturated rings. The molecule has 2 aromatic heterocycles. The number of amides is 2. The number of rotatable bonds is 8. The predicted molar refractivity (Wildman–Crippen MR) is 94.7 cm³/mol. The van der Waals surface area contributed by atoms with Crippen LogP contribution in [0.5, 0.6) is 0 Å². The molecule has 136 valence electrons. The Hall–Kier alpha value is -2.44. The van der Waals surface area contributed by atoms with Crippen molar-refractivity contribution in [3.8, 4) is 0 Å². The Labute approximate surface area is 148 Å². The van der Waals surface area contributed by atoms with Gasteiger partial charge in [-0.2, -0.15) is 4.98 Å². The monoisotopic (exact) mass is 345 g/mol. The van der Waals surface area contributed by atoms with Gasteiger partial charge in [-0.1, -0.05) is 32.0 Å². The highest BCUT2D eigenvalue weighted by molar-refractivity contribution is 5.74. The molecule has 25 heavy (non-hydrogen) atoms. The largest absolute Gasteiger partial charge is 0.337 e. The molecule has 0 radical (unpaired) electrons. The molecule has 2 rings (SSSR count). The average molecular weight is 345 g/mol. The van der Waals surface area contributed by atoms with Gasteiger partial charge in [-0.15, -0.1) is 0 Å². The molecule has 0 aliphatic rings. The van der Waals surface area contributed by atoms with Crippen molar-refractivity contribution in [1.29, 1.82) is 0 Å². The van der Waals surface area contributed by atoms with E-state index < -0.39 is 0 Å². The van der Waals surface area contributed by atoms with Gasteiger partial charge < -0.3 is 14.7 Å². The SMILES string of the molecule is CCCN(Cc1ccccn1)C(=O)N[C@H](C)c1nc(CC(C)C)no1. The molecule has 0 aromatic carbocycles. The maximum Gasteiger partial charge on any atom is 0.318 e. The Morgan fingerprint density at radius 2 is 2.12 bits per heavy atom. The molecule has 1 N–H and O–H groups in total. The molecule has 2 aromatic rings. The minimum atomic E-state index is -0.344. The van der Waals surface area contributed by atoms with Crippen LogP contribution < -0.4 is 5.32 Å². The van der Waals surface area contributed by atoms with Crippen LogP contribution in [0, 0.1) is 5.92 Å². The van der Waals surface area contributed by atoms with E-state index in [0.717, 1.165) is 18.5 Å². The van der Waals surface area contributed by atoms with Gasteiger partial charge in [-0.05, 0) is 31.4 Å². The van der Waals surface area contributed by atoms with Crippen molar-refractivity contribution in [3.05, 3.63) is 41.8 Å². The summed E-state index contributed by atoms with van der Waals surface area (Å²) in [5, 5.41) is 6.90. The lowest BCUT2D eigenvalue weighted by Gasteiger charge is -2.23. The Morgan fingerprint density at radius 3 is 2.76 bits per heavy atom. The Bertz CT molecular complexity index is 656. The number of hydrogen-bond acceptors (Lipinski definition) is 5. The maximum absolute atomic E-state index is 12.6. The fourth-order valence-electron chi connectivity index (χ4n) is 2.44. The van der Waals surface area contributed by atoms with E-state index in [1.807, 2.05) is 32.0 Å². The summed E-state index contributed by atoms with van der Waals surface area (Å²) in [7, 11) is 0. The molecule has 0 saturated heterocycles. The van der Waals surface area contributed by atoms with E-state index in [9.17, 15) is 4.79 Å². The molecule has 2 heterocycles. The summed E-state index contributed by atoms with van der Waals surface area (Å²) >= 11 is 0. The summed E-state index contributed by atoms with van der Waals surface area (Å²) in [5.41, 5.74) is 0.857. The van der Waals surface area contributed by atoms with Gasteiger partial charge in [-0.25, -0.2) is 4.79 Å². The lowest BCUT2D eigenvalue weighted by atomic mass is 10.1. The first kappa shape index (κ1) is 18.9. The molecule has 0 aliphatic carbocycles. The number of urea groups is 1. The summed E-state index contributed by atoms with van der Waals surface area (Å²) in [4.78, 5) is 23.0. The topological polar surface area (TPSA) is 84.2 Å². The van der Waals surface area contributed by atoms with Crippen molar-refractivity contribution >= 4 is 6.03 Å². The molecule has 0 spiro atoms. The number of aromatic nitrogens is 3. The van der Waals surface area contributed by atoms with E-state index in [4.69, 9.17) is 4.52 Å². The standard InChI is InChI=1S/C18H27N5O2/c1-5-10-23(12-15-8-6-7-9-19-15)18(24)20-14(4)17-21-16(22-25-17)11-13(2)3/h6-9,13-14H,5,10-12H2,1-4H3,(H,20,24)/t14-/m1/s1. The van der Waals surface area contributed by atoms with Crippen LogP contribution in [0.1, 0.15) is 57.6 Å². The van der Waals surface area contributed by atoms with Crippen LogP contribution in [-0.4, -0.2) is 32.6 Å². The van der Waals surface area contributed by atoms with E-state index in [1.54, 1.807) is 11.1 Å². The lowest BCUT2D eigenvalue weighted by Crippen LogP contribution is -2.41. The molecule has 0 unspecified atom stereocenters. The number of hydrogen-bond donors (Lipinski definition) is 1. The van der Waals surface area contributed by atoms with Gasteiger partial charge in [0.05, 0.1) is 12.2 Å². The summed E-state index contributed by atoms with van der Waals surface area (Å²) in [6, 6.07) is 5.18. The molecule has 2 amide bonds. The first-order chi connectivity index (χ1) is 12.0. The summed E-state index contributed by atoms with van der Waals surface area (Å²) in [6.07, 6.45) is 3.36. The smallest absolute Gasteiger partial charge is 0.318 e. The zero-order chi connectivity index (χ0) is 18.2. The summed E-state index contributed by atoms with van der Waals surface area (Å²) < 4.78 is 5.28. The zero-order valence-electron chi connectivity index (χ0n) is 15.4. The van der Waals surface area contributed by atoms with Gasteiger partial charge in [0.2, 0.25) is 5.89 Å². The Kier molecular flexibility index (Phi) is 6.91. The minimum Gasteiger partial charge on any atom is -0.337 e.